The van der Waals surface area contributed by atoms with Crippen LogP contribution < -0.4 is 5.73 Å². The maximum atomic E-state index is 10.3. The fraction of sp³-hybridized carbons (Fsp3) is 0. The molecule has 0 spiro atoms. The molecule has 0 saturated carbocycles. The van der Waals surface area contributed by atoms with Crippen LogP contribution in [-0.4, -0.2) is 28.0 Å². The smallest absolute Gasteiger partial charge is 0.265 e. The number of rotatable bonds is 1. The molecule has 2 radical (unpaired) electrons. The number of hydrogen-bond donors (Lipinski definition) is 2. The van der Waals surface area contributed by atoms with E-state index in [1.807, 2.05) is 0 Å². The Morgan fingerprint density at radius 3 is 2.56 bits per heavy atom. The number of primary amides is 1. The second-order valence-corrected chi connectivity index (χ2v) is 1.45. The molecule has 0 aromatic carbocycles. The van der Waals surface area contributed by atoms with E-state index in [9.17, 15) is 4.79 Å². The predicted molar refractivity (Wildman–Crippen MR) is 35.1 cm³/mol. The van der Waals surface area contributed by atoms with Crippen molar-refractivity contribution in [3.05, 3.63) is 24.0 Å². The van der Waals surface area contributed by atoms with Gasteiger partial charge in [-0.2, -0.15) is 0 Å². The molecule has 3 nitrogen and oxygen atoms in total. The molecule has 1 heterocycles. The minimum atomic E-state index is -0.421. The number of hydrogen-bond acceptors (Lipinski definition) is 1. The Labute approximate surface area is 63.1 Å². The molecule has 3 N–H and O–H groups in total. The molecule has 1 rings (SSSR count). The second kappa shape index (κ2) is 3.33. The largest absolute Gasteiger partial charge is 0.364 e. The minimum Gasteiger partial charge on any atom is -0.364 e. The monoisotopic (exact) mass is 190 g/mol. The van der Waals surface area contributed by atoms with Crippen LogP contribution in [0.3, 0.4) is 0 Å². The topological polar surface area (TPSA) is 58.9 Å². The van der Waals surface area contributed by atoms with Gasteiger partial charge < -0.3 is 10.7 Å². The summed E-state index contributed by atoms with van der Waals surface area (Å²) in [5, 5.41) is 0. The molecule has 0 unspecified atom stereocenters. The first-order valence-corrected chi connectivity index (χ1v) is 2.24. The standard InChI is InChI=1S/C5H6N2O.Se/c6-5(8)4-2-1-3-7-4;/h1-3,7H,(H2,6,8);. The van der Waals surface area contributed by atoms with Crippen LogP contribution in [0.15, 0.2) is 18.3 Å². The number of aromatic nitrogens is 1. The molecule has 0 bridgehead atoms. The molecule has 9 heavy (non-hydrogen) atoms. The third kappa shape index (κ3) is 1.91. The van der Waals surface area contributed by atoms with E-state index in [-0.39, 0.29) is 17.1 Å². The number of H-pyrrole nitrogens is 1. The van der Waals surface area contributed by atoms with Crippen molar-refractivity contribution in [2.75, 3.05) is 0 Å². The second-order valence-electron chi connectivity index (χ2n) is 1.45. The molecule has 0 atom stereocenters. The van der Waals surface area contributed by atoms with Crippen LogP contribution >= 0.6 is 0 Å². The summed E-state index contributed by atoms with van der Waals surface area (Å²) in [5.74, 6) is -0.421. The Morgan fingerprint density at radius 2 is 2.33 bits per heavy atom. The van der Waals surface area contributed by atoms with Crippen molar-refractivity contribution in [1.29, 1.82) is 0 Å². The Kier molecular flexibility index (Phi) is 3.06. The van der Waals surface area contributed by atoms with Crippen LogP contribution in [0.5, 0.6) is 0 Å². The van der Waals surface area contributed by atoms with Gasteiger partial charge in [0.2, 0.25) is 0 Å². The normalized spacial score (nSPS) is 8.00. The van der Waals surface area contributed by atoms with Crippen molar-refractivity contribution in [3.8, 4) is 0 Å². The van der Waals surface area contributed by atoms with E-state index in [2.05, 4.69) is 4.98 Å². The number of aromatic amines is 1. The Balaban J connectivity index is 0.000000640. The molecular weight excluding hydrogens is 183 g/mol. The molecule has 0 aliphatic rings. The molecule has 0 aliphatic heterocycles. The Hall–Kier alpha value is -0.731. The molecule has 0 saturated heterocycles. The zero-order chi connectivity index (χ0) is 5.98. The van der Waals surface area contributed by atoms with Gasteiger partial charge in [0.05, 0.1) is 0 Å². The zero-order valence-corrected chi connectivity index (χ0v) is 6.34. The SMILES string of the molecule is NC(=O)c1ccc[nH]1.[Se]. The quantitative estimate of drug-likeness (QED) is 0.587. The number of nitrogens with two attached hydrogens (primary N) is 1. The van der Waals surface area contributed by atoms with Gasteiger partial charge in [-0.05, 0) is 12.1 Å². The van der Waals surface area contributed by atoms with E-state index >= 15 is 0 Å². The van der Waals surface area contributed by atoms with Crippen molar-refractivity contribution in [3.63, 3.8) is 0 Å². The summed E-state index contributed by atoms with van der Waals surface area (Å²) < 4.78 is 0. The van der Waals surface area contributed by atoms with Crippen LogP contribution in [0.25, 0.3) is 0 Å². The maximum Gasteiger partial charge on any atom is 0.265 e. The van der Waals surface area contributed by atoms with Crippen molar-refractivity contribution in [1.82, 2.24) is 4.98 Å². The first-order valence-electron chi connectivity index (χ1n) is 2.24. The van der Waals surface area contributed by atoms with Crippen molar-refractivity contribution >= 4 is 23.0 Å². The number of amides is 1. The summed E-state index contributed by atoms with van der Waals surface area (Å²) in [6, 6.07) is 3.35. The maximum absolute atomic E-state index is 10.3. The Morgan fingerprint density at radius 1 is 1.67 bits per heavy atom. The third-order valence-electron chi connectivity index (χ3n) is 0.863. The number of nitrogens with one attached hydrogen (secondary N) is 1. The molecule has 1 aromatic rings. The molecule has 0 aliphatic carbocycles. The summed E-state index contributed by atoms with van der Waals surface area (Å²) in [5.41, 5.74) is 5.34. The van der Waals surface area contributed by atoms with Crippen LogP contribution in [0, 0.1) is 0 Å². The third-order valence-corrected chi connectivity index (χ3v) is 0.863. The fourth-order valence-corrected chi connectivity index (χ4v) is 0.484. The zero-order valence-electron chi connectivity index (χ0n) is 4.63. The van der Waals surface area contributed by atoms with Gasteiger partial charge in [-0.25, -0.2) is 0 Å². The van der Waals surface area contributed by atoms with E-state index in [4.69, 9.17) is 5.73 Å². The average molecular weight is 189 g/mol. The molecule has 1 amide bonds. The summed E-state index contributed by atoms with van der Waals surface area (Å²) in [6.07, 6.45) is 1.65. The van der Waals surface area contributed by atoms with Crippen molar-refractivity contribution < 1.29 is 4.79 Å². The molecule has 48 valence electrons. The predicted octanol–water partition coefficient (Wildman–Crippen LogP) is -0.267. The number of carbonyl (C=O) groups is 1. The van der Waals surface area contributed by atoms with E-state index in [0.717, 1.165) is 0 Å². The van der Waals surface area contributed by atoms with Crippen LogP contribution in [0.4, 0.5) is 0 Å². The van der Waals surface area contributed by atoms with Gasteiger partial charge in [0.25, 0.3) is 5.91 Å². The van der Waals surface area contributed by atoms with Gasteiger partial charge in [-0.15, -0.1) is 0 Å². The van der Waals surface area contributed by atoms with Crippen LogP contribution in [0.1, 0.15) is 10.5 Å². The van der Waals surface area contributed by atoms with Crippen LogP contribution in [-0.2, 0) is 0 Å². The molecule has 0 fully saturated rings. The van der Waals surface area contributed by atoms with E-state index < -0.39 is 5.91 Å². The summed E-state index contributed by atoms with van der Waals surface area (Å²) >= 11 is 0. The van der Waals surface area contributed by atoms with Gasteiger partial charge in [0, 0.05) is 23.3 Å². The van der Waals surface area contributed by atoms with Crippen LogP contribution in [0.2, 0.25) is 0 Å². The van der Waals surface area contributed by atoms with Crippen molar-refractivity contribution in [2.24, 2.45) is 5.73 Å². The van der Waals surface area contributed by atoms with Gasteiger partial charge in [-0.3, -0.25) is 4.79 Å². The molecule has 4 heteroatoms. The van der Waals surface area contributed by atoms with Gasteiger partial charge in [0.15, 0.2) is 0 Å². The van der Waals surface area contributed by atoms with Gasteiger partial charge in [0.1, 0.15) is 5.69 Å². The summed E-state index contributed by atoms with van der Waals surface area (Å²) in [6.45, 7) is 0. The van der Waals surface area contributed by atoms with E-state index in [0.29, 0.717) is 5.69 Å². The molecule has 1 aromatic heterocycles. The van der Waals surface area contributed by atoms with Gasteiger partial charge >= 0.3 is 0 Å². The fourth-order valence-electron chi connectivity index (χ4n) is 0.484. The van der Waals surface area contributed by atoms with Crippen molar-refractivity contribution in [2.45, 2.75) is 0 Å². The molecular formula is C5H6N2OSe. The van der Waals surface area contributed by atoms with E-state index in [1.54, 1.807) is 18.3 Å². The summed E-state index contributed by atoms with van der Waals surface area (Å²) in [4.78, 5) is 12.9. The number of carbonyl (C=O) groups excluding carboxylic acids is 1. The first kappa shape index (κ1) is 8.27. The first-order chi connectivity index (χ1) is 3.80. The van der Waals surface area contributed by atoms with Gasteiger partial charge in [-0.1, -0.05) is 0 Å². The van der Waals surface area contributed by atoms with E-state index in [1.165, 1.54) is 0 Å². The Bertz CT molecular complexity index is 183. The average Bonchev–Trinajstić information content (AvgIpc) is 2.12. The summed E-state index contributed by atoms with van der Waals surface area (Å²) in [7, 11) is 0. The minimum absolute atomic E-state index is 0.